The molecule has 6 nitrogen and oxygen atoms in total. The summed E-state index contributed by atoms with van der Waals surface area (Å²) in [5.41, 5.74) is -0.0678. The molecule has 0 saturated carbocycles. The number of fused-ring (bicyclic) bond motifs is 4. The Morgan fingerprint density at radius 1 is 1.19 bits per heavy atom. The van der Waals surface area contributed by atoms with Gasteiger partial charge in [0, 0.05) is 17.6 Å². The van der Waals surface area contributed by atoms with Crippen LogP contribution in [0.1, 0.15) is 39.7 Å². The normalized spacial score (nSPS) is 33.0. The zero-order chi connectivity index (χ0) is 19.7. The third kappa shape index (κ3) is 2.20. The minimum atomic E-state index is -1.26. The monoisotopic (exact) mass is 389 g/mol. The zero-order valence-corrected chi connectivity index (χ0v) is 16.6. The molecule has 27 heavy (non-hydrogen) atoms. The summed E-state index contributed by atoms with van der Waals surface area (Å²) >= 11 is 6.30. The van der Waals surface area contributed by atoms with Gasteiger partial charge < -0.3 is 5.32 Å². The van der Waals surface area contributed by atoms with E-state index in [2.05, 4.69) is 10.6 Å². The Labute approximate surface area is 163 Å². The first-order valence-electron chi connectivity index (χ1n) is 9.50. The van der Waals surface area contributed by atoms with Gasteiger partial charge in [-0.1, -0.05) is 44.5 Å². The number of carbonyl (C=O) groups is 3. The predicted molar refractivity (Wildman–Crippen MR) is 102 cm³/mol. The van der Waals surface area contributed by atoms with Crippen LogP contribution in [0.15, 0.2) is 18.2 Å². The standard InChI is InChI=1S/C20H24ClN3O3/c1-5-10(4)24-17(25)13-14(18(24)26)20(23-15(13)9(2)3)11-7-6-8-12(21)16(11)22-19(20)27/h6-10,13-15,23H,5H2,1-4H3,(H,22,27)/t10-,13-,14-,15+,20-/m0/s1. The molecule has 3 heterocycles. The van der Waals surface area contributed by atoms with Crippen LogP contribution in [0.2, 0.25) is 5.02 Å². The Morgan fingerprint density at radius 3 is 2.52 bits per heavy atom. The molecule has 0 unspecified atom stereocenters. The predicted octanol–water partition coefficient (Wildman–Crippen LogP) is 2.51. The second kappa shape index (κ2) is 6.04. The highest BCUT2D eigenvalue weighted by molar-refractivity contribution is 6.35. The maximum Gasteiger partial charge on any atom is 0.250 e. The molecule has 2 saturated heterocycles. The number of amides is 3. The van der Waals surface area contributed by atoms with E-state index in [0.29, 0.717) is 22.7 Å². The number of rotatable bonds is 3. The summed E-state index contributed by atoms with van der Waals surface area (Å²) in [6.07, 6.45) is 0.679. The molecule has 5 atom stereocenters. The number of nitrogens with one attached hydrogen (secondary N) is 2. The summed E-state index contributed by atoms with van der Waals surface area (Å²) in [4.78, 5) is 41.2. The first kappa shape index (κ1) is 18.4. The molecule has 0 aliphatic carbocycles. The lowest BCUT2D eigenvalue weighted by Crippen LogP contribution is -2.54. The molecular weight excluding hydrogens is 366 g/mol. The van der Waals surface area contributed by atoms with E-state index in [1.807, 2.05) is 33.8 Å². The maximum absolute atomic E-state index is 13.4. The lowest BCUT2D eigenvalue weighted by Gasteiger charge is -2.31. The maximum atomic E-state index is 13.4. The SMILES string of the molecule is CC[C@H](C)N1C(=O)[C@@H]2[C@@H](C(C)C)N[C@]3(C(=O)Nc4c(Cl)cccc43)[C@@H]2C1=O. The number of likely N-dealkylation sites (tertiary alicyclic amines) is 1. The quantitative estimate of drug-likeness (QED) is 0.778. The molecule has 3 aliphatic heterocycles. The molecule has 4 rings (SSSR count). The molecule has 3 aliphatic rings. The van der Waals surface area contributed by atoms with Crippen LogP contribution in [0.25, 0.3) is 0 Å². The van der Waals surface area contributed by atoms with Gasteiger partial charge in [0.25, 0.3) is 0 Å². The van der Waals surface area contributed by atoms with Gasteiger partial charge in [-0.05, 0) is 25.3 Å². The fourth-order valence-corrected chi connectivity index (χ4v) is 5.16. The fourth-order valence-electron chi connectivity index (χ4n) is 4.94. The van der Waals surface area contributed by atoms with Gasteiger partial charge in [-0.3, -0.25) is 24.6 Å². The Hall–Kier alpha value is -1.92. The van der Waals surface area contributed by atoms with Gasteiger partial charge in [-0.2, -0.15) is 0 Å². The van der Waals surface area contributed by atoms with E-state index in [1.54, 1.807) is 12.1 Å². The zero-order valence-electron chi connectivity index (χ0n) is 15.9. The van der Waals surface area contributed by atoms with E-state index in [4.69, 9.17) is 11.6 Å². The van der Waals surface area contributed by atoms with Crippen molar-refractivity contribution in [2.75, 3.05) is 5.32 Å². The van der Waals surface area contributed by atoms with Crippen molar-refractivity contribution in [3.8, 4) is 0 Å². The first-order valence-corrected chi connectivity index (χ1v) is 9.88. The molecule has 7 heteroatoms. The largest absolute Gasteiger partial charge is 0.323 e. The Balaban J connectivity index is 1.92. The van der Waals surface area contributed by atoms with Crippen molar-refractivity contribution in [1.29, 1.82) is 0 Å². The van der Waals surface area contributed by atoms with Crippen molar-refractivity contribution in [3.63, 3.8) is 0 Å². The number of hydrogen-bond acceptors (Lipinski definition) is 4. The van der Waals surface area contributed by atoms with Gasteiger partial charge in [0.15, 0.2) is 0 Å². The summed E-state index contributed by atoms with van der Waals surface area (Å²) in [6.45, 7) is 7.83. The third-order valence-corrected chi connectivity index (χ3v) is 6.73. The molecule has 0 bridgehead atoms. The highest BCUT2D eigenvalue weighted by Crippen LogP contribution is 2.55. The fraction of sp³-hybridized carbons (Fsp3) is 0.550. The number of benzene rings is 1. The topological polar surface area (TPSA) is 78.5 Å². The number of carbonyl (C=O) groups excluding carboxylic acids is 3. The summed E-state index contributed by atoms with van der Waals surface area (Å²) in [5, 5.41) is 6.68. The van der Waals surface area contributed by atoms with Crippen molar-refractivity contribution in [2.24, 2.45) is 17.8 Å². The molecule has 1 aromatic carbocycles. The Bertz CT molecular complexity index is 855. The second-order valence-electron chi connectivity index (χ2n) is 8.15. The number of para-hydroxylation sites is 1. The van der Waals surface area contributed by atoms with Crippen molar-refractivity contribution >= 4 is 35.0 Å². The van der Waals surface area contributed by atoms with Gasteiger partial charge in [0.1, 0.15) is 5.54 Å². The van der Waals surface area contributed by atoms with E-state index in [-0.39, 0.29) is 35.7 Å². The second-order valence-corrected chi connectivity index (χ2v) is 8.55. The van der Waals surface area contributed by atoms with Crippen molar-refractivity contribution < 1.29 is 14.4 Å². The van der Waals surface area contributed by atoms with Crippen molar-refractivity contribution in [1.82, 2.24) is 10.2 Å². The number of hydrogen-bond donors (Lipinski definition) is 2. The average Bonchev–Trinajstić information content (AvgIpc) is 3.21. The van der Waals surface area contributed by atoms with Crippen molar-refractivity contribution in [3.05, 3.63) is 28.8 Å². The molecule has 3 amide bonds. The molecule has 1 spiro atoms. The summed E-state index contributed by atoms with van der Waals surface area (Å²) in [7, 11) is 0. The lowest BCUT2D eigenvalue weighted by atomic mass is 9.76. The summed E-state index contributed by atoms with van der Waals surface area (Å²) < 4.78 is 0. The van der Waals surface area contributed by atoms with Gasteiger partial charge >= 0.3 is 0 Å². The molecule has 0 radical (unpaired) electrons. The molecule has 144 valence electrons. The van der Waals surface area contributed by atoms with Crippen LogP contribution in [-0.2, 0) is 19.9 Å². The van der Waals surface area contributed by atoms with E-state index in [9.17, 15) is 14.4 Å². The number of anilines is 1. The molecule has 1 aromatic rings. The average molecular weight is 390 g/mol. The van der Waals surface area contributed by atoms with Crippen LogP contribution >= 0.6 is 11.6 Å². The minimum Gasteiger partial charge on any atom is -0.323 e. The van der Waals surface area contributed by atoms with E-state index in [1.165, 1.54) is 4.90 Å². The first-order chi connectivity index (χ1) is 12.8. The lowest BCUT2D eigenvalue weighted by molar-refractivity contribution is -0.145. The van der Waals surface area contributed by atoms with E-state index >= 15 is 0 Å². The third-order valence-electron chi connectivity index (χ3n) is 6.42. The van der Waals surface area contributed by atoms with Crippen LogP contribution in [0.4, 0.5) is 5.69 Å². The minimum absolute atomic E-state index is 0.0848. The molecule has 0 aromatic heterocycles. The summed E-state index contributed by atoms with van der Waals surface area (Å²) in [5.74, 6) is -1.98. The number of imide groups is 1. The smallest absolute Gasteiger partial charge is 0.250 e. The van der Waals surface area contributed by atoms with Crippen LogP contribution < -0.4 is 10.6 Å². The van der Waals surface area contributed by atoms with Gasteiger partial charge in [-0.15, -0.1) is 0 Å². The van der Waals surface area contributed by atoms with E-state index < -0.39 is 17.4 Å². The Morgan fingerprint density at radius 2 is 1.89 bits per heavy atom. The molecule has 2 N–H and O–H groups in total. The Kier molecular flexibility index (Phi) is 4.13. The van der Waals surface area contributed by atoms with Gasteiger partial charge in [-0.25, -0.2) is 0 Å². The number of halogens is 1. The highest BCUT2D eigenvalue weighted by atomic mass is 35.5. The highest BCUT2D eigenvalue weighted by Gasteiger charge is 2.71. The van der Waals surface area contributed by atoms with Gasteiger partial charge in [0.05, 0.1) is 22.5 Å². The van der Waals surface area contributed by atoms with Crippen molar-refractivity contribution in [2.45, 2.75) is 51.7 Å². The van der Waals surface area contributed by atoms with Crippen LogP contribution in [0.5, 0.6) is 0 Å². The summed E-state index contributed by atoms with van der Waals surface area (Å²) in [6, 6.07) is 4.84. The van der Waals surface area contributed by atoms with Crippen LogP contribution in [-0.4, -0.2) is 34.7 Å². The number of nitrogens with zero attached hydrogens (tertiary/aromatic N) is 1. The van der Waals surface area contributed by atoms with Crippen LogP contribution in [0.3, 0.4) is 0 Å². The molecular formula is C20H24ClN3O3. The van der Waals surface area contributed by atoms with Gasteiger partial charge in [0.2, 0.25) is 17.7 Å². The van der Waals surface area contributed by atoms with E-state index in [0.717, 1.165) is 0 Å². The molecule has 2 fully saturated rings. The van der Waals surface area contributed by atoms with Crippen LogP contribution in [0, 0.1) is 17.8 Å².